The fourth-order valence-electron chi connectivity index (χ4n) is 3.30. The van der Waals surface area contributed by atoms with Crippen LogP contribution in [-0.2, 0) is 0 Å². The van der Waals surface area contributed by atoms with Crippen molar-refractivity contribution in [3.63, 3.8) is 0 Å². The van der Waals surface area contributed by atoms with Crippen LogP contribution in [0.4, 0.5) is 0 Å². The molecule has 5 nitrogen and oxygen atoms in total. The molecule has 2 aromatic heterocycles. The van der Waals surface area contributed by atoms with Gasteiger partial charge < -0.3 is 4.90 Å². The van der Waals surface area contributed by atoms with Crippen LogP contribution in [0.3, 0.4) is 0 Å². The van der Waals surface area contributed by atoms with Crippen molar-refractivity contribution >= 4 is 23.2 Å². The number of rotatable bonds is 2. The largest absolute Gasteiger partial charge is 0.339 e. The number of fused-ring (bicyclic) bond motifs is 1. The lowest BCUT2D eigenvalue weighted by Crippen LogP contribution is -2.31. The lowest BCUT2D eigenvalue weighted by atomic mass is 10.2. The molecule has 1 saturated heterocycles. The second-order valence-electron chi connectivity index (χ2n) is 6.38. The van der Waals surface area contributed by atoms with Gasteiger partial charge in [-0.25, -0.2) is 0 Å². The van der Waals surface area contributed by atoms with Crippen LogP contribution in [0.15, 0.2) is 42.6 Å². The van der Waals surface area contributed by atoms with Gasteiger partial charge in [0.1, 0.15) is 0 Å². The molecule has 4 rings (SSSR count). The summed E-state index contributed by atoms with van der Waals surface area (Å²) >= 11 is 6.07. The average molecular weight is 355 g/mol. The van der Waals surface area contributed by atoms with Crippen LogP contribution >= 0.6 is 11.6 Å². The number of nitrogens with zero attached hydrogens (tertiary/aromatic N) is 4. The predicted octanol–water partition coefficient (Wildman–Crippen LogP) is 4.07. The molecule has 0 radical (unpaired) electrons. The summed E-state index contributed by atoms with van der Waals surface area (Å²) in [4.78, 5) is 14.7. The van der Waals surface area contributed by atoms with E-state index < -0.39 is 0 Å². The quantitative estimate of drug-likeness (QED) is 0.697. The summed E-state index contributed by atoms with van der Waals surface area (Å²) in [5.74, 6) is 0.794. The van der Waals surface area contributed by atoms with E-state index in [1.165, 1.54) is 12.8 Å². The van der Waals surface area contributed by atoms with Crippen molar-refractivity contribution in [1.82, 2.24) is 19.5 Å². The third-order valence-electron chi connectivity index (χ3n) is 4.63. The third-order valence-corrected chi connectivity index (χ3v) is 4.87. The maximum atomic E-state index is 12.8. The van der Waals surface area contributed by atoms with Crippen LogP contribution < -0.4 is 0 Å². The summed E-state index contributed by atoms with van der Waals surface area (Å²) < 4.78 is 1.88. The molecule has 1 amide bonds. The third kappa shape index (κ3) is 3.24. The smallest absolute Gasteiger partial charge is 0.254 e. The highest BCUT2D eigenvalue weighted by atomic mass is 35.5. The first-order valence-electron chi connectivity index (χ1n) is 8.62. The highest BCUT2D eigenvalue weighted by Gasteiger charge is 2.18. The van der Waals surface area contributed by atoms with Crippen molar-refractivity contribution in [2.24, 2.45) is 0 Å². The van der Waals surface area contributed by atoms with Crippen molar-refractivity contribution < 1.29 is 4.79 Å². The fourth-order valence-corrected chi connectivity index (χ4v) is 3.49. The van der Waals surface area contributed by atoms with Gasteiger partial charge in [0.25, 0.3) is 5.91 Å². The second-order valence-corrected chi connectivity index (χ2v) is 6.82. The number of amides is 1. The van der Waals surface area contributed by atoms with E-state index >= 15 is 0 Å². The molecule has 0 atom stereocenters. The van der Waals surface area contributed by atoms with Crippen LogP contribution in [0, 0.1) is 0 Å². The Morgan fingerprint density at radius 3 is 2.56 bits per heavy atom. The maximum Gasteiger partial charge on any atom is 0.254 e. The Labute approximate surface area is 151 Å². The molecule has 128 valence electrons. The molecule has 25 heavy (non-hydrogen) atoms. The summed E-state index contributed by atoms with van der Waals surface area (Å²) in [6, 6.07) is 11.2. The fraction of sp³-hybridized carbons (Fsp3) is 0.316. The normalized spacial score (nSPS) is 15.3. The summed E-state index contributed by atoms with van der Waals surface area (Å²) in [7, 11) is 0. The standard InChI is InChI=1S/C19H19ClN4O/c20-16-7-5-6-14(12-16)18-22-21-17-13-15(8-11-24(17)18)19(25)23-9-3-1-2-4-10-23/h5-8,11-13H,1-4,9-10H2. The molecule has 3 heterocycles. The molecule has 0 saturated carbocycles. The van der Waals surface area contributed by atoms with Gasteiger partial charge >= 0.3 is 0 Å². The predicted molar refractivity (Wildman–Crippen MR) is 97.8 cm³/mol. The summed E-state index contributed by atoms with van der Waals surface area (Å²) in [6.07, 6.45) is 6.43. The van der Waals surface area contributed by atoms with Crippen molar-refractivity contribution in [3.8, 4) is 11.4 Å². The van der Waals surface area contributed by atoms with Gasteiger partial charge in [-0.3, -0.25) is 9.20 Å². The lowest BCUT2D eigenvalue weighted by molar-refractivity contribution is 0.0761. The SMILES string of the molecule is O=C(c1ccn2c(-c3cccc(Cl)c3)nnc2c1)N1CCCCCC1. The monoisotopic (exact) mass is 354 g/mol. The molecule has 0 bridgehead atoms. The van der Waals surface area contributed by atoms with Crippen molar-refractivity contribution in [2.75, 3.05) is 13.1 Å². The summed E-state index contributed by atoms with van der Waals surface area (Å²) in [5.41, 5.74) is 2.22. The first-order valence-corrected chi connectivity index (χ1v) is 9.00. The number of aromatic nitrogens is 3. The summed E-state index contributed by atoms with van der Waals surface area (Å²) in [5, 5.41) is 9.15. The molecule has 6 heteroatoms. The lowest BCUT2D eigenvalue weighted by Gasteiger charge is -2.20. The van der Waals surface area contributed by atoms with Gasteiger partial charge in [-0.1, -0.05) is 36.6 Å². The molecule has 0 spiro atoms. The molecular weight excluding hydrogens is 336 g/mol. The number of likely N-dealkylation sites (tertiary alicyclic amines) is 1. The first kappa shape index (κ1) is 16.1. The zero-order chi connectivity index (χ0) is 17.2. The highest BCUT2D eigenvalue weighted by Crippen LogP contribution is 2.22. The number of carbonyl (C=O) groups excluding carboxylic acids is 1. The van der Waals surface area contributed by atoms with Crippen molar-refractivity contribution in [2.45, 2.75) is 25.7 Å². The molecule has 1 fully saturated rings. The van der Waals surface area contributed by atoms with E-state index in [2.05, 4.69) is 10.2 Å². The highest BCUT2D eigenvalue weighted by molar-refractivity contribution is 6.30. The van der Waals surface area contributed by atoms with Gasteiger partial charge in [-0.05, 0) is 37.1 Å². The average Bonchev–Trinajstić information content (AvgIpc) is 2.85. The van der Waals surface area contributed by atoms with Gasteiger partial charge in [0.05, 0.1) is 0 Å². The van der Waals surface area contributed by atoms with E-state index in [-0.39, 0.29) is 5.91 Å². The van der Waals surface area contributed by atoms with Crippen LogP contribution in [0.2, 0.25) is 5.02 Å². The molecule has 0 aliphatic carbocycles. The molecular formula is C19H19ClN4O. The zero-order valence-corrected chi connectivity index (χ0v) is 14.6. The van der Waals surface area contributed by atoms with Crippen LogP contribution in [0.25, 0.3) is 17.0 Å². The molecule has 1 aliphatic heterocycles. The van der Waals surface area contributed by atoms with Gasteiger partial charge in [0.2, 0.25) is 0 Å². The van der Waals surface area contributed by atoms with E-state index in [1.807, 2.05) is 51.9 Å². The van der Waals surface area contributed by atoms with Crippen molar-refractivity contribution in [3.05, 3.63) is 53.2 Å². The summed E-state index contributed by atoms with van der Waals surface area (Å²) in [6.45, 7) is 1.68. The number of halogens is 1. The minimum atomic E-state index is 0.0803. The second kappa shape index (κ2) is 6.84. The maximum absolute atomic E-state index is 12.8. The number of pyridine rings is 1. The Morgan fingerprint density at radius 2 is 1.80 bits per heavy atom. The minimum absolute atomic E-state index is 0.0803. The van der Waals surface area contributed by atoms with Gasteiger partial charge in [-0.15, -0.1) is 10.2 Å². The Morgan fingerprint density at radius 1 is 1.00 bits per heavy atom. The Bertz CT molecular complexity index is 913. The Balaban J connectivity index is 1.66. The van der Waals surface area contributed by atoms with Crippen molar-refractivity contribution in [1.29, 1.82) is 0 Å². The molecule has 0 N–H and O–H groups in total. The zero-order valence-electron chi connectivity index (χ0n) is 13.9. The van der Waals surface area contributed by atoms with Crippen LogP contribution in [-0.4, -0.2) is 38.5 Å². The Hall–Kier alpha value is -2.40. The molecule has 1 aliphatic rings. The molecule has 1 aromatic carbocycles. The number of hydrogen-bond acceptors (Lipinski definition) is 3. The number of benzene rings is 1. The van der Waals surface area contributed by atoms with Crippen LogP contribution in [0.5, 0.6) is 0 Å². The van der Waals surface area contributed by atoms with E-state index in [1.54, 1.807) is 0 Å². The Kier molecular flexibility index (Phi) is 4.40. The van der Waals surface area contributed by atoms with Gasteiger partial charge in [0.15, 0.2) is 11.5 Å². The molecule has 0 unspecified atom stereocenters. The molecule has 3 aromatic rings. The number of carbonyl (C=O) groups is 1. The van der Waals surface area contributed by atoms with Gasteiger partial charge in [0, 0.05) is 35.4 Å². The van der Waals surface area contributed by atoms with E-state index in [0.29, 0.717) is 22.1 Å². The minimum Gasteiger partial charge on any atom is -0.339 e. The number of hydrogen-bond donors (Lipinski definition) is 0. The van der Waals surface area contributed by atoms with E-state index in [0.717, 1.165) is 31.5 Å². The van der Waals surface area contributed by atoms with Crippen LogP contribution in [0.1, 0.15) is 36.0 Å². The van der Waals surface area contributed by atoms with E-state index in [4.69, 9.17) is 11.6 Å². The van der Waals surface area contributed by atoms with Gasteiger partial charge in [-0.2, -0.15) is 0 Å². The van der Waals surface area contributed by atoms with E-state index in [9.17, 15) is 4.79 Å². The topological polar surface area (TPSA) is 50.5 Å². The first-order chi connectivity index (χ1) is 12.2.